The number of benzene rings is 1. The van der Waals surface area contributed by atoms with Gasteiger partial charge in [0.2, 0.25) is 0 Å². The highest BCUT2D eigenvalue weighted by atomic mass is 79.9. The van der Waals surface area contributed by atoms with E-state index < -0.39 is 0 Å². The van der Waals surface area contributed by atoms with Gasteiger partial charge in [-0.25, -0.2) is 0 Å². The highest BCUT2D eigenvalue weighted by molar-refractivity contribution is 9.10. The summed E-state index contributed by atoms with van der Waals surface area (Å²) in [5, 5.41) is -0.165. The molecule has 0 bridgehead atoms. The summed E-state index contributed by atoms with van der Waals surface area (Å²) >= 11 is 4.38. The molecule has 0 saturated carbocycles. The van der Waals surface area contributed by atoms with Gasteiger partial charge < -0.3 is 0 Å². The number of unbranched alkanes of at least 4 members (excludes halogenated alkanes) is 1. The Morgan fingerprint density at radius 2 is 1.95 bits per heavy atom. The summed E-state index contributed by atoms with van der Waals surface area (Å²) in [6, 6.07) is 7.63. The third kappa shape index (κ3) is 3.48. The van der Waals surface area contributed by atoms with Crippen LogP contribution in [0.2, 0.25) is 0 Å². The van der Waals surface area contributed by atoms with Gasteiger partial charge in [0, 0.05) is 11.0 Å². The van der Waals surface area contributed by atoms with Crippen molar-refractivity contribution in [2.45, 2.75) is 19.8 Å². The number of hydrogen-bond donors (Lipinski definition) is 0. The van der Waals surface area contributed by atoms with Gasteiger partial charge in [0.25, 0.3) is 11.1 Å². The monoisotopic (exact) mass is 339 g/mol. The normalized spacial score (nSPS) is 17.6. The fourth-order valence-corrected chi connectivity index (χ4v) is 2.85. The van der Waals surface area contributed by atoms with Crippen LogP contribution in [-0.2, 0) is 4.79 Å². The van der Waals surface area contributed by atoms with Gasteiger partial charge in [-0.05, 0) is 42.0 Å². The van der Waals surface area contributed by atoms with E-state index in [1.54, 1.807) is 6.08 Å². The van der Waals surface area contributed by atoms with E-state index in [4.69, 9.17) is 0 Å². The van der Waals surface area contributed by atoms with Crippen LogP contribution in [0.5, 0.6) is 0 Å². The van der Waals surface area contributed by atoms with Gasteiger partial charge in [-0.3, -0.25) is 14.5 Å². The van der Waals surface area contributed by atoms with Gasteiger partial charge in [0.15, 0.2) is 0 Å². The molecular weight excluding hydrogens is 326 g/mol. The minimum absolute atomic E-state index is 0.165. The van der Waals surface area contributed by atoms with Crippen molar-refractivity contribution < 1.29 is 9.59 Å². The molecule has 0 aromatic heterocycles. The average Bonchev–Trinajstić information content (AvgIpc) is 2.65. The van der Waals surface area contributed by atoms with Gasteiger partial charge in [-0.15, -0.1) is 0 Å². The van der Waals surface area contributed by atoms with Crippen molar-refractivity contribution in [1.29, 1.82) is 0 Å². The summed E-state index contributed by atoms with van der Waals surface area (Å²) in [6.07, 6.45) is 3.58. The predicted molar refractivity (Wildman–Crippen MR) is 81.7 cm³/mol. The van der Waals surface area contributed by atoms with Crippen molar-refractivity contribution in [2.24, 2.45) is 0 Å². The first-order chi connectivity index (χ1) is 9.11. The van der Waals surface area contributed by atoms with E-state index in [2.05, 4.69) is 15.9 Å². The Balaban J connectivity index is 2.16. The van der Waals surface area contributed by atoms with Crippen molar-refractivity contribution >= 4 is 44.9 Å². The number of thioether (sulfide) groups is 1. The van der Waals surface area contributed by atoms with Crippen LogP contribution in [0, 0.1) is 0 Å². The smallest absolute Gasteiger partial charge is 0.268 e. The zero-order chi connectivity index (χ0) is 13.8. The molecule has 0 radical (unpaired) electrons. The summed E-state index contributed by atoms with van der Waals surface area (Å²) in [5.74, 6) is -0.175. The van der Waals surface area contributed by atoms with Crippen molar-refractivity contribution in [1.82, 2.24) is 4.90 Å². The quantitative estimate of drug-likeness (QED) is 0.768. The first-order valence-corrected chi connectivity index (χ1v) is 7.73. The van der Waals surface area contributed by atoms with E-state index in [-0.39, 0.29) is 11.1 Å². The third-order valence-corrected chi connectivity index (χ3v) is 4.21. The zero-order valence-electron chi connectivity index (χ0n) is 10.6. The van der Waals surface area contributed by atoms with Crippen molar-refractivity contribution in [3.63, 3.8) is 0 Å². The third-order valence-electron chi connectivity index (χ3n) is 2.78. The van der Waals surface area contributed by atoms with E-state index in [1.165, 1.54) is 4.90 Å². The van der Waals surface area contributed by atoms with Crippen molar-refractivity contribution in [3.05, 3.63) is 39.2 Å². The second-order valence-corrected chi connectivity index (χ2v) is 6.15. The molecule has 0 unspecified atom stereocenters. The summed E-state index contributed by atoms with van der Waals surface area (Å²) < 4.78 is 0.987. The lowest BCUT2D eigenvalue weighted by molar-refractivity contribution is -0.122. The second-order valence-electron chi connectivity index (χ2n) is 4.24. The fourth-order valence-electron chi connectivity index (χ4n) is 1.72. The molecule has 0 spiro atoms. The van der Waals surface area contributed by atoms with Crippen molar-refractivity contribution in [2.75, 3.05) is 6.54 Å². The molecule has 100 valence electrons. The molecule has 1 aromatic rings. The van der Waals surface area contributed by atoms with Gasteiger partial charge in [0.05, 0.1) is 4.91 Å². The van der Waals surface area contributed by atoms with E-state index in [0.29, 0.717) is 11.4 Å². The molecule has 2 amide bonds. The number of halogens is 1. The van der Waals surface area contributed by atoms with Crippen LogP contribution < -0.4 is 0 Å². The Morgan fingerprint density at radius 3 is 2.58 bits per heavy atom. The Morgan fingerprint density at radius 1 is 1.26 bits per heavy atom. The predicted octanol–water partition coefficient (Wildman–Crippen LogP) is 4.29. The summed E-state index contributed by atoms with van der Waals surface area (Å²) in [6.45, 7) is 2.55. The molecule has 19 heavy (non-hydrogen) atoms. The lowest BCUT2D eigenvalue weighted by Crippen LogP contribution is -2.29. The highest BCUT2D eigenvalue weighted by Gasteiger charge is 2.34. The number of carbonyl (C=O) groups excluding carboxylic acids is 2. The standard InChI is InChI=1S/C14H14BrNO2S/c1-2-3-8-16-13(17)12(19-14(16)18)9-10-4-6-11(15)7-5-10/h4-7,9H,2-3,8H2,1H3/b12-9-. The molecule has 0 N–H and O–H groups in total. The highest BCUT2D eigenvalue weighted by Crippen LogP contribution is 2.32. The van der Waals surface area contributed by atoms with E-state index in [9.17, 15) is 9.59 Å². The fraction of sp³-hybridized carbons (Fsp3) is 0.286. The number of rotatable bonds is 4. The summed E-state index contributed by atoms with van der Waals surface area (Å²) in [7, 11) is 0. The molecule has 0 atom stereocenters. The molecule has 3 nitrogen and oxygen atoms in total. The molecule has 1 heterocycles. The Kier molecular flexibility index (Phi) is 4.82. The molecule has 2 rings (SSSR count). The minimum Gasteiger partial charge on any atom is -0.268 e. The number of carbonyl (C=O) groups is 2. The molecule has 1 fully saturated rings. The molecule has 5 heteroatoms. The van der Waals surface area contributed by atoms with Crippen LogP contribution in [0.1, 0.15) is 25.3 Å². The topological polar surface area (TPSA) is 37.4 Å². The van der Waals surface area contributed by atoms with E-state index in [0.717, 1.165) is 34.6 Å². The maximum Gasteiger partial charge on any atom is 0.293 e. The minimum atomic E-state index is -0.175. The first-order valence-electron chi connectivity index (χ1n) is 6.12. The van der Waals surface area contributed by atoms with Gasteiger partial charge in [-0.1, -0.05) is 41.4 Å². The van der Waals surface area contributed by atoms with E-state index >= 15 is 0 Å². The molecule has 1 aliphatic heterocycles. The number of imide groups is 1. The lowest BCUT2D eigenvalue weighted by Gasteiger charge is -2.10. The van der Waals surface area contributed by atoms with E-state index in [1.807, 2.05) is 31.2 Å². The SMILES string of the molecule is CCCCN1C(=O)S/C(=C\c2ccc(Br)cc2)C1=O. The molecule has 1 aliphatic rings. The summed E-state index contributed by atoms with van der Waals surface area (Å²) in [5.41, 5.74) is 0.921. The van der Waals surface area contributed by atoms with Gasteiger partial charge in [0.1, 0.15) is 0 Å². The number of hydrogen-bond acceptors (Lipinski definition) is 3. The summed E-state index contributed by atoms with van der Waals surface area (Å²) in [4.78, 5) is 25.7. The largest absolute Gasteiger partial charge is 0.293 e. The molecular formula is C14H14BrNO2S. The molecule has 1 saturated heterocycles. The van der Waals surface area contributed by atoms with Crippen LogP contribution in [-0.4, -0.2) is 22.6 Å². The van der Waals surface area contributed by atoms with Crippen LogP contribution in [0.25, 0.3) is 6.08 Å². The lowest BCUT2D eigenvalue weighted by atomic mass is 10.2. The Labute approximate surface area is 125 Å². The number of amides is 2. The van der Waals surface area contributed by atoms with Crippen molar-refractivity contribution in [3.8, 4) is 0 Å². The second kappa shape index (κ2) is 6.39. The maximum atomic E-state index is 12.1. The van der Waals surface area contributed by atoms with Crippen LogP contribution >= 0.6 is 27.7 Å². The Bertz CT molecular complexity index is 525. The zero-order valence-corrected chi connectivity index (χ0v) is 13.0. The number of nitrogens with zero attached hydrogens (tertiary/aromatic N) is 1. The van der Waals surface area contributed by atoms with Crippen LogP contribution in [0.4, 0.5) is 4.79 Å². The van der Waals surface area contributed by atoms with Gasteiger partial charge >= 0.3 is 0 Å². The first kappa shape index (κ1) is 14.3. The maximum absolute atomic E-state index is 12.1. The van der Waals surface area contributed by atoms with Crippen LogP contribution in [0.3, 0.4) is 0 Å². The molecule has 1 aromatic carbocycles. The van der Waals surface area contributed by atoms with Crippen LogP contribution in [0.15, 0.2) is 33.6 Å². The Hall–Kier alpha value is -1.07. The average molecular weight is 340 g/mol. The molecule has 0 aliphatic carbocycles. The van der Waals surface area contributed by atoms with Gasteiger partial charge in [-0.2, -0.15) is 0 Å².